The fourth-order valence-corrected chi connectivity index (χ4v) is 2.17. The summed E-state index contributed by atoms with van der Waals surface area (Å²) in [6.07, 6.45) is 1.97. The lowest BCUT2D eigenvalue weighted by Crippen LogP contribution is -2.17. The number of rotatable bonds is 6. The van der Waals surface area contributed by atoms with Crippen molar-refractivity contribution in [1.82, 2.24) is 5.43 Å². The van der Waals surface area contributed by atoms with Crippen molar-refractivity contribution in [1.29, 1.82) is 0 Å². The molecule has 2 aromatic carbocycles. The topological polar surface area (TPSA) is 79.8 Å². The lowest BCUT2D eigenvalue weighted by molar-refractivity contribution is -0.115. The molecule has 0 radical (unpaired) electrons. The predicted octanol–water partition coefficient (Wildman–Crippen LogP) is 3.12. The maximum Gasteiger partial charge on any atom is 0.271 e. The summed E-state index contributed by atoms with van der Waals surface area (Å²) in [5.41, 5.74) is 5.43. The number of amides is 2. The Balaban J connectivity index is 1.95. The average Bonchev–Trinajstić information content (AvgIpc) is 2.62. The number of aryl methyl sites for hydroxylation is 1. The van der Waals surface area contributed by atoms with Gasteiger partial charge < -0.3 is 10.1 Å². The second-order valence-electron chi connectivity index (χ2n) is 5.41. The minimum absolute atomic E-state index is 0.0726. The fourth-order valence-electron chi connectivity index (χ4n) is 2.17. The monoisotopic (exact) mass is 339 g/mol. The molecule has 25 heavy (non-hydrogen) atoms. The fraction of sp³-hybridized carbons (Fsp3) is 0.211. The van der Waals surface area contributed by atoms with Gasteiger partial charge in [0.1, 0.15) is 5.75 Å². The maximum absolute atomic E-state index is 12.1. The van der Waals surface area contributed by atoms with Gasteiger partial charge >= 0.3 is 0 Å². The van der Waals surface area contributed by atoms with Gasteiger partial charge in [-0.2, -0.15) is 5.10 Å². The number of hydrogen-bond acceptors (Lipinski definition) is 4. The molecule has 0 bridgehead atoms. The molecule has 0 heterocycles. The molecular weight excluding hydrogens is 318 g/mol. The van der Waals surface area contributed by atoms with E-state index in [0.29, 0.717) is 17.7 Å². The zero-order valence-corrected chi connectivity index (χ0v) is 14.5. The summed E-state index contributed by atoms with van der Waals surface area (Å²) in [4.78, 5) is 23.4. The van der Waals surface area contributed by atoms with Crippen LogP contribution < -0.4 is 15.5 Å². The highest BCUT2D eigenvalue weighted by atomic mass is 16.5. The van der Waals surface area contributed by atoms with E-state index in [9.17, 15) is 9.59 Å². The van der Waals surface area contributed by atoms with Gasteiger partial charge in [0.05, 0.1) is 13.3 Å². The number of carbonyl (C=O) groups is 2. The Morgan fingerprint density at radius 1 is 1.16 bits per heavy atom. The third-order valence-corrected chi connectivity index (χ3v) is 3.55. The maximum atomic E-state index is 12.1. The summed E-state index contributed by atoms with van der Waals surface area (Å²) in [5, 5.41) is 6.69. The third kappa shape index (κ3) is 5.17. The third-order valence-electron chi connectivity index (χ3n) is 3.55. The Labute approximate surface area is 146 Å². The van der Waals surface area contributed by atoms with Crippen molar-refractivity contribution in [3.63, 3.8) is 0 Å². The van der Waals surface area contributed by atoms with E-state index < -0.39 is 0 Å². The van der Waals surface area contributed by atoms with Crippen LogP contribution in [0.2, 0.25) is 0 Å². The Hall–Kier alpha value is -3.15. The molecular formula is C19H21N3O3. The largest absolute Gasteiger partial charge is 0.496 e. The summed E-state index contributed by atoms with van der Waals surface area (Å²) in [7, 11) is 1.62. The Bertz CT molecular complexity index is 783. The lowest BCUT2D eigenvalue weighted by atomic mass is 10.1. The first kappa shape index (κ1) is 18.2. The number of methoxy groups -OCH3 is 1. The van der Waals surface area contributed by atoms with Gasteiger partial charge in [-0.15, -0.1) is 0 Å². The molecule has 0 spiro atoms. The molecule has 0 saturated heterocycles. The van der Waals surface area contributed by atoms with Gasteiger partial charge in [0.25, 0.3) is 5.91 Å². The SMILES string of the molecule is CCC(=O)Nc1ccc(C(=O)N/N=C/c2ccc(OC)c(C)c2)cc1. The minimum Gasteiger partial charge on any atom is -0.496 e. The van der Waals surface area contributed by atoms with E-state index in [1.807, 2.05) is 25.1 Å². The van der Waals surface area contributed by atoms with E-state index in [2.05, 4.69) is 15.8 Å². The summed E-state index contributed by atoms with van der Waals surface area (Å²) in [6.45, 7) is 3.72. The average molecular weight is 339 g/mol. The van der Waals surface area contributed by atoms with Crippen LogP contribution in [0.1, 0.15) is 34.8 Å². The minimum atomic E-state index is -0.324. The van der Waals surface area contributed by atoms with E-state index >= 15 is 0 Å². The summed E-state index contributed by atoms with van der Waals surface area (Å²) >= 11 is 0. The molecule has 0 aliphatic carbocycles. The van der Waals surface area contributed by atoms with Gasteiger partial charge in [-0.3, -0.25) is 9.59 Å². The molecule has 2 amide bonds. The number of benzene rings is 2. The van der Waals surface area contributed by atoms with Gasteiger partial charge in [0.15, 0.2) is 0 Å². The van der Waals surface area contributed by atoms with Crippen molar-refractivity contribution in [2.75, 3.05) is 12.4 Å². The molecule has 0 unspecified atom stereocenters. The first-order valence-electron chi connectivity index (χ1n) is 7.91. The second kappa shape index (κ2) is 8.63. The van der Waals surface area contributed by atoms with E-state index in [1.54, 1.807) is 44.5 Å². The highest BCUT2D eigenvalue weighted by molar-refractivity contribution is 5.96. The van der Waals surface area contributed by atoms with Crippen molar-refractivity contribution in [3.05, 3.63) is 59.2 Å². The van der Waals surface area contributed by atoms with Crippen LogP contribution in [0.4, 0.5) is 5.69 Å². The zero-order valence-electron chi connectivity index (χ0n) is 14.5. The first-order valence-corrected chi connectivity index (χ1v) is 7.91. The van der Waals surface area contributed by atoms with Crippen LogP contribution in [0.15, 0.2) is 47.6 Å². The van der Waals surface area contributed by atoms with Crippen molar-refractivity contribution in [2.45, 2.75) is 20.3 Å². The van der Waals surface area contributed by atoms with Crippen LogP contribution in [0.5, 0.6) is 5.75 Å². The molecule has 0 saturated carbocycles. The quantitative estimate of drug-likeness (QED) is 0.627. The van der Waals surface area contributed by atoms with Crippen LogP contribution in [-0.2, 0) is 4.79 Å². The van der Waals surface area contributed by atoms with Crippen molar-refractivity contribution in [2.24, 2.45) is 5.10 Å². The lowest BCUT2D eigenvalue weighted by Gasteiger charge is -2.05. The highest BCUT2D eigenvalue weighted by Gasteiger charge is 2.05. The molecule has 2 N–H and O–H groups in total. The van der Waals surface area contributed by atoms with Crippen molar-refractivity contribution < 1.29 is 14.3 Å². The van der Waals surface area contributed by atoms with Crippen LogP contribution >= 0.6 is 0 Å². The van der Waals surface area contributed by atoms with Crippen LogP contribution in [0, 0.1) is 6.92 Å². The zero-order chi connectivity index (χ0) is 18.2. The number of hydrazone groups is 1. The van der Waals surface area contributed by atoms with E-state index in [0.717, 1.165) is 16.9 Å². The van der Waals surface area contributed by atoms with Crippen LogP contribution in [0.3, 0.4) is 0 Å². The number of carbonyl (C=O) groups excluding carboxylic acids is 2. The van der Waals surface area contributed by atoms with Gasteiger partial charge in [-0.1, -0.05) is 6.92 Å². The van der Waals surface area contributed by atoms with Gasteiger partial charge in [0.2, 0.25) is 5.91 Å². The van der Waals surface area contributed by atoms with Gasteiger partial charge in [0, 0.05) is 17.7 Å². The molecule has 0 aliphatic heterocycles. The second-order valence-corrected chi connectivity index (χ2v) is 5.41. The van der Waals surface area contributed by atoms with Gasteiger partial charge in [-0.05, 0) is 60.5 Å². The summed E-state index contributed by atoms with van der Waals surface area (Å²) in [6, 6.07) is 12.2. The predicted molar refractivity (Wildman–Crippen MR) is 98.2 cm³/mol. The molecule has 2 rings (SSSR count). The van der Waals surface area contributed by atoms with Crippen LogP contribution in [0.25, 0.3) is 0 Å². The van der Waals surface area contributed by atoms with E-state index in [-0.39, 0.29) is 11.8 Å². The number of nitrogens with zero attached hydrogens (tertiary/aromatic N) is 1. The van der Waals surface area contributed by atoms with Crippen molar-refractivity contribution >= 4 is 23.7 Å². The number of anilines is 1. The van der Waals surface area contributed by atoms with E-state index in [4.69, 9.17) is 4.74 Å². The number of nitrogens with one attached hydrogen (secondary N) is 2. The Morgan fingerprint density at radius 3 is 2.48 bits per heavy atom. The number of hydrogen-bond donors (Lipinski definition) is 2. The molecule has 0 fully saturated rings. The molecule has 6 nitrogen and oxygen atoms in total. The Kier molecular flexibility index (Phi) is 6.28. The van der Waals surface area contributed by atoms with Crippen LogP contribution in [-0.4, -0.2) is 25.1 Å². The van der Waals surface area contributed by atoms with E-state index in [1.165, 1.54) is 0 Å². The summed E-state index contributed by atoms with van der Waals surface area (Å²) < 4.78 is 5.20. The van der Waals surface area contributed by atoms with Gasteiger partial charge in [-0.25, -0.2) is 5.43 Å². The highest BCUT2D eigenvalue weighted by Crippen LogP contribution is 2.17. The Morgan fingerprint density at radius 2 is 1.88 bits per heavy atom. The number of ether oxygens (including phenoxy) is 1. The molecule has 0 aromatic heterocycles. The molecule has 0 aliphatic rings. The molecule has 6 heteroatoms. The molecule has 130 valence electrons. The normalized spacial score (nSPS) is 10.5. The molecule has 0 atom stereocenters. The summed E-state index contributed by atoms with van der Waals surface area (Å²) in [5.74, 6) is 0.405. The van der Waals surface area contributed by atoms with Crippen molar-refractivity contribution in [3.8, 4) is 5.75 Å². The first-order chi connectivity index (χ1) is 12.0. The smallest absolute Gasteiger partial charge is 0.271 e. The standard InChI is InChI=1S/C19H21N3O3/c1-4-18(23)21-16-8-6-15(7-9-16)19(24)22-20-12-14-5-10-17(25-3)13(2)11-14/h5-12H,4H2,1-3H3,(H,21,23)(H,22,24)/b20-12+. The molecule has 2 aromatic rings.